The molecule has 0 aliphatic carbocycles. The molecule has 0 spiro atoms. The van der Waals surface area contributed by atoms with Crippen molar-refractivity contribution in [3.8, 4) is 0 Å². The summed E-state index contributed by atoms with van der Waals surface area (Å²) in [5, 5.41) is 2.90. The highest BCUT2D eigenvalue weighted by Gasteiger charge is 2.29. The fourth-order valence-corrected chi connectivity index (χ4v) is 2.84. The number of halogens is 2. The highest BCUT2D eigenvalue weighted by atomic mass is 19.1. The van der Waals surface area contributed by atoms with E-state index in [-0.39, 0.29) is 11.1 Å². The molecule has 1 aromatic rings. The third-order valence-electron chi connectivity index (χ3n) is 3.67. The summed E-state index contributed by atoms with van der Waals surface area (Å²) in [7, 11) is 1.76. The van der Waals surface area contributed by atoms with E-state index < -0.39 is 11.6 Å². The summed E-state index contributed by atoms with van der Waals surface area (Å²) in [6, 6.07) is 2.85. The second-order valence-electron chi connectivity index (χ2n) is 6.13. The largest absolute Gasteiger partial charge is 0.366 e. The molecule has 0 atom stereocenters. The molecule has 106 valence electrons. The van der Waals surface area contributed by atoms with Crippen LogP contribution in [0.3, 0.4) is 0 Å². The molecule has 1 aromatic carbocycles. The van der Waals surface area contributed by atoms with Crippen LogP contribution in [0.5, 0.6) is 0 Å². The lowest BCUT2D eigenvalue weighted by Gasteiger charge is -2.39. The maximum absolute atomic E-state index is 14.2. The molecule has 1 fully saturated rings. The van der Waals surface area contributed by atoms with Crippen LogP contribution in [0, 0.1) is 17.0 Å². The molecule has 1 N–H and O–H groups in total. The van der Waals surface area contributed by atoms with Gasteiger partial charge in [0.25, 0.3) is 0 Å². The zero-order valence-electron chi connectivity index (χ0n) is 11.9. The summed E-state index contributed by atoms with van der Waals surface area (Å²) in [6.45, 7) is 6.18. The predicted octanol–water partition coefficient (Wildman–Crippen LogP) is 3.31. The van der Waals surface area contributed by atoms with Gasteiger partial charge in [-0.25, -0.2) is 8.78 Å². The van der Waals surface area contributed by atoms with Gasteiger partial charge in [0, 0.05) is 19.6 Å². The van der Waals surface area contributed by atoms with Crippen LogP contribution in [0.1, 0.15) is 32.3 Å². The van der Waals surface area contributed by atoms with Crippen molar-refractivity contribution in [1.29, 1.82) is 0 Å². The first kappa shape index (κ1) is 14.3. The second-order valence-corrected chi connectivity index (χ2v) is 6.13. The third-order valence-corrected chi connectivity index (χ3v) is 3.67. The molecule has 0 aromatic heterocycles. The van der Waals surface area contributed by atoms with E-state index in [0.717, 1.165) is 19.4 Å². The molecule has 0 radical (unpaired) electrons. The second kappa shape index (κ2) is 5.45. The van der Waals surface area contributed by atoms with Crippen molar-refractivity contribution in [2.75, 3.05) is 25.0 Å². The maximum atomic E-state index is 14.2. The first-order chi connectivity index (χ1) is 8.93. The van der Waals surface area contributed by atoms with E-state index in [0.29, 0.717) is 18.7 Å². The van der Waals surface area contributed by atoms with Crippen LogP contribution >= 0.6 is 0 Å². The van der Waals surface area contributed by atoms with Gasteiger partial charge in [0.05, 0.1) is 0 Å². The zero-order chi connectivity index (χ0) is 14.0. The van der Waals surface area contributed by atoms with Crippen molar-refractivity contribution in [3.05, 3.63) is 29.3 Å². The van der Waals surface area contributed by atoms with Gasteiger partial charge in [0.2, 0.25) is 0 Å². The number of benzene rings is 1. The number of nitrogens with zero attached hydrogens (tertiary/aromatic N) is 1. The van der Waals surface area contributed by atoms with Crippen molar-refractivity contribution < 1.29 is 8.78 Å². The fraction of sp³-hybridized carbons (Fsp3) is 0.600. The molecule has 1 aliphatic heterocycles. The zero-order valence-corrected chi connectivity index (χ0v) is 11.9. The van der Waals surface area contributed by atoms with Gasteiger partial charge in [-0.3, -0.25) is 0 Å². The third kappa shape index (κ3) is 3.24. The van der Waals surface area contributed by atoms with Crippen LogP contribution in [0.2, 0.25) is 0 Å². The summed E-state index contributed by atoms with van der Waals surface area (Å²) in [5.74, 6) is -0.911. The lowest BCUT2D eigenvalue weighted by molar-refractivity contribution is 0.290. The van der Waals surface area contributed by atoms with Crippen molar-refractivity contribution >= 4 is 5.69 Å². The van der Waals surface area contributed by atoms with Crippen molar-refractivity contribution in [1.82, 2.24) is 5.32 Å². The average molecular weight is 268 g/mol. The lowest BCUT2D eigenvalue weighted by Crippen LogP contribution is -2.41. The van der Waals surface area contributed by atoms with Gasteiger partial charge in [-0.1, -0.05) is 13.8 Å². The van der Waals surface area contributed by atoms with E-state index in [9.17, 15) is 8.78 Å². The van der Waals surface area contributed by atoms with Gasteiger partial charge >= 0.3 is 0 Å². The molecule has 0 amide bonds. The minimum absolute atomic E-state index is 0.112. The first-order valence-corrected chi connectivity index (χ1v) is 6.80. The number of hydrogen-bond acceptors (Lipinski definition) is 2. The number of hydrogen-bond donors (Lipinski definition) is 1. The fourth-order valence-electron chi connectivity index (χ4n) is 2.84. The maximum Gasteiger partial charge on any atom is 0.149 e. The predicted molar refractivity (Wildman–Crippen MR) is 74.3 cm³/mol. The molecule has 19 heavy (non-hydrogen) atoms. The number of nitrogens with one attached hydrogen (secondary N) is 1. The molecule has 0 saturated carbocycles. The molecule has 4 heteroatoms. The summed E-state index contributed by atoms with van der Waals surface area (Å²) in [6.07, 6.45) is 2.08. The Morgan fingerprint density at radius 3 is 2.42 bits per heavy atom. The Bertz CT molecular complexity index is 434. The number of anilines is 1. The highest BCUT2D eigenvalue weighted by Crippen LogP contribution is 2.34. The molecular weight excluding hydrogens is 246 g/mol. The number of piperidine rings is 1. The summed E-state index contributed by atoms with van der Waals surface area (Å²) in [4.78, 5) is 1.84. The van der Waals surface area contributed by atoms with Gasteiger partial charge in [0.1, 0.15) is 17.3 Å². The summed E-state index contributed by atoms with van der Waals surface area (Å²) in [5.41, 5.74) is 0.881. The standard InChI is InChI=1S/C15H22F2N2/c1-15(2)5-4-6-19(10-15)14-12(16)7-11(9-18-3)8-13(14)17/h7-8,18H,4-6,9-10H2,1-3H3. The molecule has 1 saturated heterocycles. The van der Waals surface area contributed by atoms with Gasteiger partial charge in [0.15, 0.2) is 0 Å². The number of rotatable bonds is 3. The van der Waals surface area contributed by atoms with E-state index in [1.807, 2.05) is 4.90 Å². The molecule has 0 bridgehead atoms. The Morgan fingerprint density at radius 2 is 1.89 bits per heavy atom. The van der Waals surface area contributed by atoms with Gasteiger partial charge in [-0.05, 0) is 43.0 Å². The normalized spacial score (nSPS) is 18.7. The molecular formula is C15H22F2N2. The topological polar surface area (TPSA) is 15.3 Å². The van der Waals surface area contributed by atoms with E-state index in [1.54, 1.807) is 7.05 Å². The smallest absolute Gasteiger partial charge is 0.149 e. The Kier molecular flexibility index (Phi) is 4.09. The van der Waals surface area contributed by atoms with E-state index >= 15 is 0 Å². The quantitative estimate of drug-likeness (QED) is 0.904. The summed E-state index contributed by atoms with van der Waals surface area (Å²) >= 11 is 0. The SMILES string of the molecule is CNCc1cc(F)c(N2CCCC(C)(C)C2)c(F)c1. The average Bonchev–Trinajstić information content (AvgIpc) is 2.27. The van der Waals surface area contributed by atoms with Crippen LogP contribution in [0.25, 0.3) is 0 Å². The van der Waals surface area contributed by atoms with Crippen LogP contribution < -0.4 is 10.2 Å². The molecule has 1 aliphatic rings. The molecule has 0 unspecified atom stereocenters. The Balaban J connectivity index is 2.29. The minimum Gasteiger partial charge on any atom is -0.366 e. The van der Waals surface area contributed by atoms with Crippen LogP contribution in [0.15, 0.2) is 12.1 Å². The van der Waals surface area contributed by atoms with E-state index in [4.69, 9.17) is 0 Å². The Labute approximate surface area is 113 Å². The Hall–Kier alpha value is -1.16. The molecule has 2 nitrogen and oxygen atoms in total. The molecule has 2 rings (SSSR count). The monoisotopic (exact) mass is 268 g/mol. The van der Waals surface area contributed by atoms with Crippen LogP contribution in [-0.2, 0) is 6.54 Å². The van der Waals surface area contributed by atoms with E-state index in [2.05, 4.69) is 19.2 Å². The first-order valence-electron chi connectivity index (χ1n) is 6.80. The van der Waals surface area contributed by atoms with Crippen molar-refractivity contribution in [2.45, 2.75) is 33.2 Å². The van der Waals surface area contributed by atoms with Gasteiger partial charge < -0.3 is 10.2 Å². The lowest BCUT2D eigenvalue weighted by atomic mass is 9.84. The van der Waals surface area contributed by atoms with Gasteiger partial charge in [-0.2, -0.15) is 0 Å². The van der Waals surface area contributed by atoms with Crippen LogP contribution in [0.4, 0.5) is 14.5 Å². The van der Waals surface area contributed by atoms with Crippen LogP contribution in [-0.4, -0.2) is 20.1 Å². The van der Waals surface area contributed by atoms with Gasteiger partial charge in [-0.15, -0.1) is 0 Å². The molecule has 1 heterocycles. The summed E-state index contributed by atoms with van der Waals surface area (Å²) < 4.78 is 28.3. The van der Waals surface area contributed by atoms with E-state index in [1.165, 1.54) is 12.1 Å². The van der Waals surface area contributed by atoms with Crippen molar-refractivity contribution in [3.63, 3.8) is 0 Å². The Morgan fingerprint density at radius 1 is 1.26 bits per heavy atom. The highest BCUT2D eigenvalue weighted by molar-refractivity contribution is 5.51. The van der Waals surface area contributed by atoms with Crippen molar-refractivity contribution in [2.24, 2.45) is 5.41 Å². The minimum atomic E-state index is -0.456.